The number of carboxylic acids is 1. The number of aromatic carboxylic acids is 1. The minimum Gasteiger partial charge on any atom is -0.545 e. The Bertz CT molecular complexity index is 309. The fourth-order valence-corrected chi connectivity index (χ4v) is 0.498. The second-order valence-electron chi connectivity index (χ2n) is 1.60. The third-order valence-electron chi connectivity index (χ3n) is 0.951. The molecular weight excluding hydrogens is 159 g/mol. The van der Waals surface area contributed by atoms with Crippen LogP contribution in [0.4, 0.5) is 0 Å². The van der Waals surface area contributed by atoms with E-state index < -0.39 is 17.0 Å². The predicted octanol–water partition coefficient (Wildman–Crippen LogP) is -4.86. The number of carbonyl (C=O) groups is 1. The number of carboxylic acid groups (broad SMARTS) is 1. The average Bonchev–Trinajstić information content (AvgIpc) is 1.88. The molecule has 0 aliphatic heterocycles. The molecule has 1 heterocycles. The van der Waals surface area contributed by atoms with E-state index >= 15 is 0 Å². The molecule has 0 amide bonds. The number of hydrogen-bond acceptors (Lipinski definition) is 4. The number of nitrogens with zero attached hydrogens (tertiary/aromatic N) is 1. The first-order valence-electron chi connectivity index (χ1n) is 2.46. The van der Waals surface area contributed by atoms with Gasteiger partial charge >= 0.3 is 29.6 Å². The molecule has 0 aromatic carbocycles. The molecule has 0 spiro atoms. The van der Waals surface area contributed by atoms with Crippen molar-refractivity contribution in [1.29, 1.82) is 0 Å². The van der Waals surface area contributed by atoms with Crippen molar-refractivity contribution in [3.8, 4) is 0 Å². The second kappa shape index (κ2) is 4.27. The largest absolute Gasteiger partial charge is 1.00 e. The predicted molar refractivity (Wildman–Crippen MR) is 29.2 cm³/mol. The summed E-state index contributed by atoms with van der Waals surface area (Å²) < 4.78 is 0. The minimum atomic E-state index is -1.50. The number of aromatic nitrogens is 2. The summed E-state index contributed by atoms with van der Waals surface area (Å²) in [6.45, 7) is 0. The first kappa shape index (κ1) is 10.3. The van der Waals surface area contributed by atoms with E-state index in [0.29, 0.717) is 0 Å². The van der Waals surface area contributed by atoms with Gasteiger partial charge in [0.2, 0.25) is 5.43 Å². The Hall–Kier alpha value is -0.650. The maximum Gasteiger partial charge on any atom is 1.00 e. The van der Waals surface area contributed by atoms with Crippen LogP contribution < -0.4 is 40.1 Å². The van der Waals surface area contributed by atoms with Crippen molar-refractivity contribution in [3.63, 3.8) is 0 Å². The first-order valence-corrected chi connectivity index (χ1v) is 2.46. The Kier molecular flexibility index (Phi) is 4.02. The van der Waals surface area contributed by atoms with Crippen molar-refractivity contribution in [2.24, 2.45) is 0 Å². The quantitative estimate of drug-likeness (QED) is 0.419. The van der Waals surface area contributed by atoms with Crippen molar-refractivity contribution in [2.45, 2.75) is 0 Å². The first-order chi connectivity index (χ1) is 4.72. The van der Waals surface area contributed by atoms with Crippen LogP contribution in [0.15, 0.2) is 17.2 Å². The van der Waals surface area contributed by atoms with Crippen molar-refractivity contribution >= 4 is 5.97 Å². The van der Waals surface area contributed by atoms with E-state index in [1.807, 2.05) is 0 Å². The Morgan fingerprint density at radius 1 is 1.64 bits per heavy atom. The summed E-state index contributed by atoms with van der Waals surface area (Å²) >= 11 is 0. The molecule has 1 rings (SSSR count). The van der Waals surface area contributed by atoms with Crippen molar-refractivity contribution < 1.29 is 39.5 Å². The third kappa shape index (κ3) is 2.45. The van der Waals surface area contributed by atoms with Crippen molar-refractivity contribution in [2.75, 3.05) is 0 Å². The van der Waals surface area contributed by atoms with Gasteiger partial charge in [-0.2, -0.15) is 5.10 Å². The standard InChI is InChI=1S/C5H4N2O3.Na/c8-4-2-7-6-1-3(4)5(9)10;/h1-2H,(H,6,8)(H,9,10);/q;+1/p-1. The van der Waals surface area contributed by atoms with Crippen LogP contribution in [0, 0.1) is 0 Å². The van der Waals surface area contributed by atoms with Gasteiger partial charge in [-0.15, -0.1) is 0 Å². The fourth-order valence-electron chi connectivity index (χ4n) is 0.498. The van der Waals surface area contributed by atoms with Crippen LogP contribution >= 0.6 is 0 Å². The maximum absolute atomic E-state index is 10.6. The summed E-state index contributed by atoms with van der Waals surface area (Å²) in [5.74, 6) is -1.50. The van der Waals surface area contributed by atoms with Crippen LogP contribution in [-0.4, -0.2) is 16.2 Å². The SMILES string of the molecule is O=C([O-])c1c[nH]ncc1=O.[Na+]. The third-order valence-corrected chi connectivity index (χ3v) is 0.951. The Balaban J connectivity index is 0.000001000. The van der Waals surface area contributed by atoms with Gasteiger partial charge in [0.15, 0.2) is 0 Å². The monoisotopic (exact) mass is 162 g/mol. The van der Waals surface area contributed by atoms with Crippen molar-refractivity contribution in [1.82, 2.24) is 10.2 Å². The van der Waals surface area contributed by atoms with Crippen LogP contribution in [0.5, 0.6) is 0 Å². The number of H-pyrrole nitrogens is 1. The summed E-state index contributed by atoms with van der Waals surface area (Å²) in [5.41, 5.74) is -1.06. The summed E-state index contributed by atoms with van der Waals surface area (Å²) in [4.78, 5) is 20.6. The van der Waals surface area contributed by atoms with E-state index in [-0.39, 0.29) is 29.6 Å². The van der Waals surface area contributed by atoms with E-state index in [9.17, 15) is 14.7 Å². The Morgan fingerprint density at radius 3 is 2.64 bits per heavy atom. The Labute approximate surface area is 83.7 Å². The molecule has 1 aromatic heterocycles. The molecule has 0 aliphatic rings. The molecule has 0 fully saturated rings. The molecule has 0 saturated heterocycles. The molecule has 0 bridgehead atoms. The normalized spacial score (nSPS) is 8.36. The molecule has 11 heavy (non-hydrogen) atoms. The van der Waals surface area contributed by atoms with Gasteiger partial charge in [-0.05, 0) is 0 Å². The van der Waals surface area contributed by atoms with Crippen LogP contribution in [0.2, 0.25) is 0 Å². The topological polar surface area (TPSA) is 85.9 Å². The zero-order valence-corrected chi connectivity index (χ0v) is 7.83. The van der Waals surface area contributed by atoms with Crippen LogP contribution in [-0.2, 0) is 0 Å². The van der Waals surface area contributed by atoms with Crippen LogP contribution in [0.25, 0.3) is 0 Å². The number of aromatic amines is 1. The van der Waals surface area contributed by atoms with E-state index in [1.54, 1.807) is 0 Å². The van der Waals surface area contributed by atoms with Gasteiger partial charge in [-0.1, -0.05) is 0 Å². The Morgan fingerprint density at radius 2 is 2.27 bits per heavy atom. The molecule has 6 heteroatoms. The fraction of sp³-hybridized carbons (Fsp3) is 0. The zero-order chi connectivity index (χ0) is 7.56. The van der Waals surface area contributed by atoms with Gasteiger partial charge < -0.3 is 9.90 Å². The molecule has 0 aliphatic carbocycles. The van der Waals surface area contributed by atoms with Gasteiger partial charge in [0, 0.05) is 6.20 Å². The average molecular weight is 162 g/mol. The van der Waals surface area contributed by atoms with Gasteiger partial charge in [0.05, 0.1) is 17.7 Å². The molecule has 0 unspecified atom stereocenters. The molecule has 0 saturated carbocycles. The van der Waals surface area contributed by atoms with Crippen molar-refractivity contribution in [3.05, 3.63) is 28.2 Å². The minimum absolute atomic E-state index is 0. The second-order valence-corrected chi connectivity index (χ2v) is 1.60. The van der Waals surface area contributed by atoms with Crippen LogP contribution in [0.1, 0.15) is 10.4 Å². The number of rotatable bonds is 1. The molecule has 52 valence electrons. The van der Waals surface area contributed by atoms with Gasteiger partial charge in [0.1, 0.15) is 0 Å². The maximum atomic E-state index is 10.6. The smallest absolute Gasteiger partial charge is 0.545 e. The van der Waals surface area contributed by atoms with Gasteiger partial charge in [-0.25, -0.2) is 0 Å². The van der Waals surface area contributed by atoms with Crippen LogP contribution in [0.3, 0.4) is 0 Å². The van der Waals surface area contributed by atoms with E-state index in [1.165, 1.54) is 0 Å². The van der Waals surface area contributed by atoms with E-state index in [4.69, 9.17) is 0 Å². The van der Waals surface area contributed by atoms with E-state index in [0.717, 1.165) is 12.4 Å². The molecule has 1 aromatic rings. The molecule has 0 atom stereocenters. The molecule has 0 radical (unpaired) electrons. The number of hydrogen-bond donors (Lipinski definition) is 1. The number of carbonyl (C=O) groups excluding carboxylic acids is 1. The van der Waals surface area contributed by atoms with E-state index in [2.05, 4.69) is 10.2 Å². The molecule has 1 N–H and O–H groups in total. The molecular formula is C5H3N2NaO3. The van der Waals surface area contributed by atoms with Gasteiger partial charge in [-0.3, -0.25) is 9.89 Å². The zero-order valence-electron chi connectivity index (χ0n) is 5.83. The summed E-state index contributed by atoms with van der Waals surface area (Å²) in [6.07, 6.45) is 1.86. The number of nitrogens with one attached hydrogen (secondary N) is 1. The molecule has 5 nitrogen and oxygen atoms in total. The van der Waals surface area contributed by atoms with Gasteiger partial charge in [0.25, 0.3) is 0 Å². The summed E-state index contributed by atoms with van der Waals surface area (Å²) in [5, 5.41) is 15.6. The summed E-state index contributed by atoms with van der Waals surface area (Å²) in [7, 11) is 0. The summed E-state index contributed by atoms with van der Waals surface area (Å²) in [6, 6.07) is 0.